The maximum atomic E-state index is 12.9. The third-order valence-electron chi connectivity index (χ3n) is 6.70. The largest absolute Gasteiger partial charge is 0.490 e. The van der Waals surface area contributed by atoms with Crippen molar-refractivity contribution in [2.75, 3.05) is 18.9 Å². The van der Waals surface area contributed by atoms with Gasteiger partial charge in [-0.15, -0.1) is 0 Å². The van der Waals surface area contributed by atoms with E-state index in [1.165, 1.54) is 37.7 Å². The minimum Gasteiger partial charge on any atom is -0.490 e. The summed E-state index contributed by atoms with van der Waals surface area (Å²) >= 11 is 0. The second-order valence-corrected chi connectivity index (χ2v) is 11.1. The van der Waals surface area contributed by atoms with Crippen LogP contribution < -0.4 is 4.74 Å². The summed E-state index contributed by atoms with van der Waals surface area (Å²) in [5.74, 6) is 1.48. The van der Waals surface area contributed by atoms with Crippen LogP contribution in [0.15, 0.2) is 76.8 Å². The normalized spacial score (nSPS) is 23.0. The van der Waals surface area contributed by atoms with E-state index in [0.717, 1.165) is 5.75 Å². The van der Waals surface area contributed by atoms with Crippen molar-refractivity contribution in [3.63, 3.8) is 0 Å². The first-order valence-electron chi connectivity index (χ1n) is 11.8. The van der Waals surface area contributed by atoms with E-state index in [4.69, 9.17) is 9.47 Å². The van der Waals surface area contributed by atoms with E-state index in [9.17, 15) is 8.42 Å². The summed E-state index contributed by atoms with van der Waals surface area (Å²) in [5, 5.41) is 0. The van der Waals surface area contributed by atoms with Crippen LogP contribution in [0.3, 0.4) is 0 Å². The zero-order valence-corrected chi connectivity index (χ0v) is 19.5. The second kappa shape index (κ2) is 9.59. The van der Waals surface area contributed by atoms with E-state index in [-0.39, 0.29) is 17.9 Å². The average Bonchev–Trinajstić information content (AvgIpc) is 3.28. The molecule has 0 radical (unpaired) electrons. The molecule has 0 N–H and O–H groups in total. The molecule has 1 unspecified atom stereocenters. The number of aliphatic imine (C=N–C) groups is 1. The number of hydrogen-bond acceptors (Lipinski definition) is 6. The van der Waals surface area contributed by atoms with Crippen LogP contribution in [-0.4, -0.2) is 50.4 Å². The molecule has 2 heterocycles. The van der Waals surface area contributed by atoms with E-state index in [1.54, 1.807) is 30.5 Å². The first kappa shape index (κ1) is 22.0. The molecule has 0 bridgehead atoms. The number of rotatable bonds is 7. The highest BCUT2D eigenvalue weighted by atomic mass is 32.2. The number of amidine groups is 1. The fraction of sp³-hybridized carbons (Fsp3) is 0.423. The van der Waals surface area contributed by atoms with E-state index in [1.807, 2.05) is 29.2 Å². The van der Waals surface area contributed by atoms with Crippen molar-refractivity contribution in [3.05, 3.63) is 72.4 Å². The lowest BCUT2D eigenvalue weighted by molar-refractivity contribution is 0.145. The van der Waals surface area contributed by atoms with Gasteiger partial charge in [-0.1, -0.05) is 49.6 Å². The monoisotopic (exact) mass is 466 g/mol. The van der Waals surface area contributed by atoms with E-state index in [0.29, 0.717) is 30.0 Å². The minimum absolute atomic E-state index is 0.0217. The molecule has 2 aromatic carbocycles. The molecule has 7 heteroatoms. The fourth-order valence-corrected chi connectivity index (χ4v) is 6.39. The predicted molar refractivity (Wildman–Crippen MR) is 128 cm³/mol. The number of benzene rings is 2. The lowest BCUT2D eigenvalue weighted by Crippen LogP contribution is -2.42. The first-order chi connectivity index (χ1) is 16.1. The van der Waals surface area contributed by atoms with Gasteiger partial charge >= 0.3 is 0 Å². The summed E-state index contributed by atoms with van der Waals surface area (Å²) in [6.07, 6.45) is 9.81. The molecule has 2 aliphatic heterocycles. The topological polar surface area (TPSA) is 68.2 Å². The molecule has 33 heavy (non-hydrogen) atoms. The Kier molecular flexibility index (Phi) is 6.40. The Balaban J connectivity index is 1.17. The van der Waals surface area contributed by atoms with Gasteiger partial charge in [-0.3, -0.25) is 0 Å². The van der Waals surface area contributed by atoms with Gasteiger partial charge in [0.1, 0.15) is 12.4 Å². The molecule has 3 aliphatic rings. The minimum atomic E-state index is -3.42. The van der Waals surface area contributed by atoms with Crippen molar-refractivity contribution in [3.8, 4) is 5.75 Å². The predicted octanol–water partition coefficient (Wildman–Crippen LogP) is 4.54. The van der Waals surface area contributed by atoms with Crippen LogP contribution in [-0.2, 0) is 14.6 Å². The highest BCUT2D eigenvalue weighted by Gasteiger charge is 2.37. The number of nitrogens with zero attached hydrogens (tertiary/aromatic N) is 2. The Morgan fingerprint density at radius 2 is 1.76 bits per heavy atom. The lowest BCUT2D eigenvalue weighted by atomic mass is 9.84. The summed E-state index contributed by atoms with van der Waals surface area (Å²) in [4.78, 5) is 6.55. The maximum Gasteiger partial charge on any atom is 0.293 e. The van der Waals surface area contributed by atoms with Gasteiger partial charge in [-0.2, -0.15) is 0 Å². The van der Waals surface area contributed by atoms with E-state index < -0.39 is 9.84 Å². The van der Waals surface area contributed by atoms with Crippen molar-refractivity contribution >= 4 is 15.9 Å². The Labute approximate surface area is 195 Å². The zero-order chi connectivity index (χ0) is 22.7. The van der Waals surface area contributed by atoms with Crippen LogP contribution in [0.2, 0.25) is 0 Å². The molecule has 2 aromatic rings. The van der Waals surface area contributed by atoms with Gasteiger partial charge in [0, 0.05) is 6.20 Å². The molecule has 174 valence electrons. The van der Waals surface area contributed by atoms with Crippen LogP contribution in [0.1, 0.15) is 43.6 Å². The van der Waals surface area contributed by atoms with Gasteiger partial charge in [-0.05, 0) is 54.7 Å². The summed E-state index contributed by atoms with van der Waals surface area (Å²) < 4.78 is 37.7. The highest BCUT2D eigenvalue weighted by molar-refractivity contribution is 7.91. The Hall–Kier alpha value is -2.80. The molecule has 5 rings (SSSR count). The van der Waals surface area contributed by atoms with Crippen LogP contribution in [0.5, 0.6) is 5.75 Å². The standard InChI is InChI=1S/C26H30N2O4S/c29-33(30,25-9-5-2-6-10-25)19-22-15-16-27-26-28(22)17-24(32-26)18-31-23-13-11-21(12-14-23)20-7-3-1-4-8-20/h2,5-6,9-16,20,22,24H,1,3-4,7-8,17-19H2/t22?,24-/m0/s1. The van der Waals surface area contributed by atoms with E-state index >= 15 is 0 Å². The fourth-order valence-electron chi connectivity index (χ4n) is 4.89. The molecule has 6 nitrogen and oxygen atoms in total. The maximum absolute atomic E-state index is 12.9. The quantitative estimate of drug-likeness (QED) is 0.599. The van der Waals surface area contributed by atoms with E-state index in [2.05, 4.69) is 17.1 Å². The van der Waals surface area contributed by atoms with Gasteiger partial charge in [0.15, 0.2) is 15.9 Å². The molecule has 2 fully saturated rings. The smallest absolute Gasteiger partial charge is 0.293 e. The molecule has 0 aromatic heterocycles. The summed E-state index contributed by atoms with van der Waals surface area (Å²) in [5.41, 5.74) is 1.40. The van der Waals surface area contributed by atoms with Crippen LogP contribution in [0, 0.1) is 0 Å². The molecule has 1 aliphatic carbocycles. The van der Waals surface area contributed by atoms with Crippen LogP contribution >= 0.6 is 0 Å². The Morgan fingerprint density at radius 1 is 1.00 bits per heavy atom. The molecular weight excluding hydrogens is 436 g/mol. The number of ether oxygens (including phenoxy) is 2. The van der Waals surface area contributed by atoms with Gasteiger partial charge in [0.05, 0.1) is 23.2 Å². The third-order valence-corrected chi connectivity index (χ3v) is 8.47. The molecule has 0 amide bonds. The second-order valence-electron chi connectivity index (χ2n) is 9.02. The van der Waals surface area contributed by atoms with Crippen molar-refractivity contribution in [1.29, 1.82) is 0 Å². The first-order valence-corrected chi connectivity index (χ1v) is 13.4. The van der Waals surface area contributed by atoms with Crippen molar-refractivity contribution in [1.82, 2.24) is 4.90 Å². The van der Waals surface area contributed by atoms with Crippen molar-refractivity contribution < 1.29 is 17.9 Å². The summed E-state index contributed by atoms with van der Waals surface area (Å²) in [7, 11) is -3.42. The van der Waals surface area contributed by atoms with Gasteiger partial charge < -0.3 is 14.4 Å². The molecular formula is C26H30N2O4S. The van der Waals surface area contributed by atoms with Crippen LogP contribution in [0.4, 0.5) is 0 Å². The summed E-state index contributed by atoms with van der Waals surface area (Å²) in [6, 6.07) is 17.2. The molecule has 0 spiro atoms. The highest BCUT2D eigenvalue weighted by Crippen LogP contribution is 2.33. The SMILES string of the molecule is O=S(=O)(CC1C=CN=C2O[C@H](COc3ccc(C4CCCCC4)cc3)CN21)c1ccccc1. The van der Waals surface area contributed by atoms with Gasteiger partial charge in [-0.25, -0.2) is 13.4 Å². The van der Waals surface area contributed by atoms with Gasteiger partial charge in [0.2, 0.25) is 0 Å². The lowest BCUT2D eigenvalue weighted by Gasteiger charge is -2.26. The number of sulfone groups is 1. The zero-order valence-electron chi connectivity index (χ0n) is 18.7. The van der Waals surface area contributed by atoms with Crippen LogP contribution in [0.25, 0.3) is 0 Å². The molecule has 2 atom stereocenters. The van der Waals surface area contributed by atoms with Crippen molar-refractivity contribution in [2.24, 2.45) is 4.99 Å². The Bertz CT molecular complexity index is 1110. The molecule has 1 saturated heterocycles. The average molecular weight is 467 g/mol. The van der Waals surface area contributed by atoms with Gasteiger partial charge in [0.25, 0.3) is 6.02 Å². The number of hydrogen-bond donors (Lipinski definition) is 0. The third kappa shape index (κ3) is 5.08. The molecule has 1 saturated carbocycles. The summed E-state index contributed by atoms with van der Waals surface area (Å²) in [6.45, 7) is 0.925. The Morgan fingerprint density at radius 3 is 2.52 bits per heavy atom. The van der Waals surface area contributed by atoms with Crippen molar-refractivity contribution in [2.45, 2.75) is 55.1 Å². The number of fused-ring (bicyclic) bond motifs is 1.